The van der Waals surface area contributed by atoms with Gasteiger partial charge in [-0.05, 0) is 35.9 Å². The van der Waals surface area contributed by atoms with Gasteiger partial charge in [0.2, 0.25) is 5.22 Å². The molecule has 3 nitrogen and oxygen atoms in total. The monoisotopic (exact) mass is 241 g/mol. The Balaban J connectivity index is 2.09. The van der Waals surface area contributed by atoms with Gasteiger partial charge in [0, 0.05) is 13.1 Å². The summed E-state index contributed by atoms with van der Waals surface area (Å²) in [5.74, 6) is 1.21. The molecule has 0 bridgehead atoms. The smallest absolute Gasteiger partial charge is 0.258 e. The Morgan fingerprint density at radius 3 is 2.81 bits per heavy atom. The third-order valence-electron chi connectivity index (χ3n) is 3.47. The van der Waals surface area contributed by atoms with Crippen molar-refractivity contribution in [2.75, 3.05) is 13.1 Å². The lowest BCUT2D eigenvalue weighted by Crippen LogP contribution is -2.42. The largest absolute Gasteiger partial charge is 0.452 e. The quantitative estimate of drug-likeness (QED) is 0.757. The van der Waals surface area contributed by atoms with Crippen LogP contribution in [0.2, 0.25) is 5.22 Å². The summed E-state index contributed by atoms with van der Waals surface area (Å²) >= 11 is 5.80. The molecule has 2 unspecified atom stereocenters. The van der Waals surface area contributed by atoms with Gasteiger partial charge in [0.15, 0.2) is 0 Å². The minimum absolute atomic E-state index is 0.0162. The van der Waals surface area contributed by atoms with Crippen LogP contribution in [0.25, 0.3) is 0 Å². The van der Waals surface area contributed by atoms with Crippen molar-refractivity contribution >= 4 is 17.5 Å². The molecule has 88 valence electrons. The first-order valence-corrected chi connectivity index (χ1v) is 5.99. The average molecular weight is 242 g/mol. The number of furan rings is 1. The van der Waals surface area contributed by atoms with Gasteiger partial charge in [-0.3, -0.25) is 4.79 Å². The van der Waals surface area contributed by atoms with E-state index in [9.17, 15) is 4.79 Å². The Bertz CT molecular complexity index is 388. The fraction of sp³-hybridized carbons (Fsp3) is 0.583. The molecule has 2 atom stereocenters. The van der Waals surface area contributed by atoms with Crippen LogP contribution < -0.4 is 0 Å². The summed E-state index contributed by atoms with van der Waals surface area (Å²) in [5, 5.41) is 0.191. The normalized spacial score (nSPS) is 25.8. The molecule has 0 spiro atoms. The van der Waals surface area contributed by atoms with Crippen molar-refractivity contribution < 1.29 is 9.21 Å². The molecule has 4 heteroatoms. The van der Waals surface area contributed by atoms with Crippen molar-refractivity contribution in [3.05, 3.63) is 23.1 Å². The number of carbonyl (C=O) groups excluding carboxylic acids is 1. The Morgan fingerprint density at radius 2 is 2.25 bits per heavy atom. The number of halogens is 1. The first kappa shape index (κ1) is 11.5. The molecule has 1 aromatic heterocycles. The van der Waals surface area contributed by atoms with Gasteiger partial charge in [-0.15, -0.1) is 0 Å². The second kappa shape index (κ2) is 4.50. The van der Waals surface area contributed by atoms with Gasteiger partial charge in [0.1, 0.15) is 0 Å². The fourth-order valence-corrected chi connectivity index (χ4v) is 2.26. The molecule has 0 aromatic carbocycles. The van der Waals surface area contributed by atoms with E-state index >= 15 is 0 Å². The Kier molecular flexibility index (Phi) is 3.24. The minimum Gasteiger partial charge on any atom is -0.452 e. The van der Waals surface area contributed by atoms with Gasteiger partial charge in [0.05, 0.1) is 11.8 Å². The standard InChI is InChI=1S/C12H16ClNO2/c1-8-3-5-14(7-9(8)2)12(15)10-4-6-16-11(10)13/h4,6,8-9H,3,5,7H2,1-2H3. The third-order valence-corrected chi connectivity index (χ3v) is 3.76. The summed E-state index contributed by atoms with van der Waals surface area (Å²) in [6, 6.07) is 1.63. The summed E-state index contributed by atoms with van der Waals surface area (Å²) in [6.45, 7) is 6.03. The van der Waals surface area contributed by atoms with E-state index in [1.807, 2.05) is 4.90 Å². The second-order valence-electron chi connectivity index (χ2n) is 4.60. The fourth-order valence-electron chi connectivity index (χ4n) is 2.06. The molecule has 1 aliphatic rings. The summed E-state index contributed by atoms with van der Waals surface area (Å²) in [5.41, 5.74) is 0.475. The van der Waals surface area contributed by atoms with Crippen molar-refractivity contribution in [3.8, 4) is 0 Å². The summed E-state index contributed by atoms with van der Waals surface area (Å²) in [6.07, 6.45) is 2.51. The lowest BCUT2D eigenvalue weighted by molar-refractivity contribution is 0.0627. The number of likely N-dealkylation sites (tertiary alicyclic amines) is 1. The molecule has 0 N–H and O–H groups in total. The van der Waals surface area contributed by atoms with E-state index in [0.29, 0.717) is 17.4 Å². The number of nitrogens with zero attached hydrogens (tertiary/aromatic N) is 1. The van der Waals surface area contributed by atoms with E-state index in [4.69, 9.17) is 16.0 Å². The molecule has 1 saturated heterocycles. The number of carbonyl (C=O) groups is 1. The first-order chi connectivity index (χ1) is 7.59. The number of rotatable bonds is 1. The highest BCUT2D eigenvalue weighted by Gasteiger charge is 2.28. The lowest BCUT2D eigenvalue weighted by atomic mass is 9.88. The van der Waals surface area contributed by atoms with Gasteiger partial charge >= 0.3 is 0 Å². The first-order valence-electron chi connectivity index (χ1n) is 5.62. The summed E-state index contributed by atoms with van der Waals surface area (Å²) in [4.78, 5) is 14.0. The topological polar surface area (TPSA) is 33.5 Å². The van der Waals surface area contributed by atoms with E-state index in [1.54, 1.807) is 6.07 Å². The van der Waals surface area contributed by atoms with Crippen molar-refractivity contribution in [2.45, 2.75) is 20.3 Å². The second-order valence-corrected chi connectivity index (χ2v) is 4.95. The molecule has 0 radical (unpaired) electrons. The molecule has 2 heterocycles. The van der Waals surface area contributed by atoms with Crippen LogP contribution in [0.15, 0.2) is 16.7 Å². The molecule has 1 aliphatic heterocycles. The zero-order chi connectivity index (χ0) is 11.7. The maximum Gasteiger partial charge on any atom is 0.258 e. The molecule has 1 aromatic rings. The summed E-state index contributed by atoms with van der Waals surface area (Å²) in [7, 11) is 0. The van der Waals surface area contributed by atoms with Gasteiger partial charge in [-0.1, -0.05) is 13.8 Å². The average Bonchev–Trinajstić information content (AvgIpc) is 2.67. The minimum atomic E-state index is -0.0162. The number of hydrogen-bond acceptors (Lipinski definition) is 2. The van der Waals surface area contributed by atoms with Crippen LogP contribution in [0.5, 0.6) is 0 Å². The zero-order valence-corrected chi connectivity index (χ0v) is 10.3. The highest BCUT2D eigenvalue weighted by molar-refractivity contribution is 6.32. The van der Waals surface area contributed by atoms with Crippen LogP contribution in [0, 0.1) is 11.8 Å². The molecular weight excluding hydrogens is 226 g/mol. The molecule has 2 rings (SSSR count). The van der Waals surface area contributed by atoms with Crippen molar-refractivity contribution in [2.24, 2.45) is 11.8 Å². The molecule has 0 aliphatic carbocycles. The summed E-state index contributed by atoms with van der Waals surface area (Å²) < 4.78 is 4.94. The molecule has 1 amide bonds. The van der Waals surface area contributed by atoms with Crippen molar-refractivity contribution in [3.63, 3.8) is 0 Å². The van der Waals surface area contributed by atoms with Crippen molar-refractivity contribution in [1.82, 2.24) is 4.90 Å². The van der Waals surface area contributed by atoms with Gasteiger partial charge < -0.3 is 9.32 Å². The number of piperidine rings is 1. The number of hydrogen-bond donors (Lipinski definition) is 0. The van der Waals surface area contributed by atoms with E-state index in [1.165, 1.54) is 6.26 Å². The van der Waals surface area contributed by atoms with Crippen LogP contribution in [0.4, 0.5) is 0 Å². The molecule has 16 heavy (non-hydrogen) atoms. The van der Waals surface area contributed by atoms with Crippen LogP contribution in [0.1, 0.15) is 30.6 Å². The SMILES string of the molecule is CC1CCN(C(=O)c2ccoc2Cl)CC1C. The van der Waals surface area contributed by atoms with E-state index in [0.717, 1.165) is 19.5 Å². The van der Waals surface area contributed by atoms with Gasteiger partial charge in [0.25, 0.3) is 5.91 Å². The van der Waals surface area contributed by atoms with Crippen LogP contribution in [-0.4, -0.2) is 23.9 Å². The van der Waals surface area contributed by atoms with Crippen LogP contribution in [-0.2, 0) is 0 Å². The highest BCUT2D eigenvalue weighted by atomic mass is 35.5. The van der Waals surface area contributed by atoms with Crippen molar-refractivity contribution in [1.29, 1.82) is 0 Å². The van der Waals surface area contributed by atoms with Gasteiger partial charge in [-0.2, -0.15) is 0 Å². The maximum absolute atomic E-state index is 12.1. The lowest BCUT2D eigenvalue weighted by Gasteiger charge is -2.35. The Hall–Kier alpha value is -0.960. The van der Waals surface area contributed by atoms with Crippen LogP contribution in [0.3, 0.4) is 0 Å². The predicted molar refractivity (Wildman–Crippen MR) is 62.6 cm³/mol. The third kappa shape index (κ3) is 2.09. The Labute approximate surface area is 100 Å². The molecule has 1 fully saturated rings. The van der Waals surface area contributed by atoms with E-state index in [2.05, 4.69) is 13.8 Å². The predicted octanol–water partition coefficient (Wildman–Crippen LogP) is 3.05. The molecular formula is C12H16ClNO2. The van der Waals surface area contributed by atoms with Crippen LogP contribution >= 0.6 is 11.6 Å². The highest BCUT2D eigenvalue weighted by Crippen LogP contribution is 2.25. The zero-order valence-electron chi connectivity index (χ0n) is 9.57. The Morgan fingerprint density at radius 1 is 1.50 bits per heavy atom. The number of amides is 1. The van der Waals surface area contributed by atoms with Gasteiger partial charge in [-0.25, -0.2) is 0 Å². The maximum atomic E-state index is 12.1. The van der Waals surface area contributed by atoms with E-state index < -0.39 is 0 Å². The van der Waals surface area contributed by atoms with E-state index in [-0.39, 0.29) is 11.1 Å². The molecule has 0 saturated carbocycles.